The summed E-state index contributed by atoms with van der Waals surface area (Å²) >= 11 is 0. The SMILES string of the molecule is CCCCCCCc1c(C)nc2cc(OC)ccc2c1OCOC(=O)OCC. The van der Waals surface area contributed by atoms with Gasteiger partial charge in [0.15, 0.2) is 0 Å². The molecule has 0 aliphatic carbocycles. The third kappa shape index (κ3) is 6.01. The fraction of sp³-hybridized carbons (Fsp3) is 0.545. The molecule has 0 fully saturated rings. The first kappa shape index (κ1) is 21.8. The average molecular weight is 389 g/mol. The lowest BCUT2D eigenvalue weighted by molar-refractivity contribution is 0.00704. The van der Waals surface area contributed by atoms with Crippen LogP contribution in [0.15, 0.2) is 18.2 Å². The maximum absolute atomic E-state index is 11.5. The van der Waals surface area contributed by atoms with Gasteiger partial charge < -0.3 is 18.9 Å². The Bertz CT molecular complexity index is 775. The van der Waals surface area contributed by atoms with Crippen molar-refractivity contribution in [2.24, 2.45) is 0 Å². The quantitative estimate of drug-likeness (QED) is 0.284. The normalized spacial score (nSPS) is 10.7. The molecular weight excluding hydrogens is 358 g/mol. The van der Waals surface area contributed by atoms with Gasteiger partial charge in [0.1, 0.15) is 11.5 Å². The van der Waals surface area contributed by atoms with Crippen molar-refractivity contribution in [2.75, 3.05) is 20.5 Å². The van der Waals surface area contributed by atoms with Crippen LogP contribution in [-0.2, 0) is 15.9 Å². The molecule has 1 aromatic heterocycles. The minimum absolute atomic E-state index is 0.202. The maximum Gasteiger partial charge on any atom is 0.511 e. The van der Waals surface area contributed by atoms with Crippen LogP contribution >= 0.6 is 0 Å². The minimum atomic E-state index is -0.736. The van der Waals surface area contributed by atoms with E-state index in [9.17, 15) is 4.79 Å². The van der Waals surface area contributed by atoms with Crippen LogP contribution in [0.3, 0.4) is 0 Å². The number of hydrogen-bond donors (Lipinski definition) is 0. The average Bonchev–Trinajstić information content (AvgIpc) is 2.68. The molecule has 1 heterocycles. The molecule has 0 aliphatic rings. The molecule has 154 valence electrons. The number of ether oxygens (including phenoxy) is 4. The number of nitrogens with zero attached hydrogens (tertiary/aromatic N) is 1. The number of aryl methyl sites for hydroxylation is 1. The number of carbonyl (C=O) groups is 1. The Hall–Kier alpha value is -2.50. The smallest absolute Gasteiger partial charge is 0.497 e. The van der Waals surface area contributed by atoms with Gasteiger partial charge in [-0.2, -0.15) is 0 Å². The lowest BCUT2D eigenvalue weighted by Gasteiger charge is -2.17. The van der Waals surface area contributed by atoms with E-state index in [2.05, 4.69) is 6.92 Å². The van der Waals surface area contributed by atoms with Crippen LogP contribution in [0.25, 0.3) is 10.9 Å². The molecule has 0 N–H and O–H groups in total. The van der Waals surface area contributed by atoms with E-state index in [-0.39, 0.29) is 13.4 Å². The Labute approximate surface area is 167 Å². The zero-order valence-corrected chi connectivity index (χ0v) is 17.4. The van der Waals surface area contributed by atoms with Gasteiger partial charge in [-0.25, -0.2) is 4.79 Å². The van der Waals surface area contributed by atoms with E-state index in [0.29, 0.717) is 5.75 Å². The molecule has 0 saturated carbocycles. The van der Waals surface area contributed by atoms with E-state index < -0.39 is 6.16 Å². The summed E-state index contributed by atoms with van der Waals surface area (Å²) in [6.45, 7) is 5.98. The number of unbranched alkanes of at least 4 members (excludes halogenated alkanes) is 4. The molecule has 0 unspecified atom stereocenters. The predicted molar refractivity (Wildman–Crippen MR) is 109 cm³/mol. The van der Waals surface area contributed by atoms with E-state index in [1.807, 2.05) is 25.1 Å². The van der Waals surface area contributed by atoms with Gasteiger partial charge in [-0.15, -0.1) is 0 Å². The highest BCUT2D eigenvalue weighted by Gasteiger charge is 2.16. The Morgan fingerprint density at radius 3 is 2.57 bits per heavy atom. The lowest BCUT2D eigenvalue weighted by atomic mass is 10.0. The van der Waals surface area contributed by atoms with Gasteiger partial charge in [0.05, 0.1) is 19.2 Å². The van der Waals surface area contributed by atoms with Gasteiger partial charge in [-0.1, -0.05) is 32.6 Å². The van der Waals surface area contributed by atoms with Crippen molar-refractivity contribution in [3.63, 3.8) is 0 Å². The number of rotatable bonds is 11. The van der Waals surface area contributed by atoms with E-state index in [1.54, 1.807) is 14.0 Å². The highest BCUT2D eigenvalue weighted by atomic mass is 16.8. The molecule has 0 amide bonds. The first-order valence-corrected chi connectivity index (χ1v) is 10.00. The first-order valence-electron chi connectivity index (χ1n) is 10.00. The van der Waals surface area contributed by atoms with Crippen molar-refractivity contribution < 1.29 is 23.7 Å². The van der Waals surface area contributed by atoms with Gasteiger partial charge in [0, 0.05) is 22.7 Å². The van der Waals surface area contributed by atoms with E-state index in [4.69, 9.17) is 23.9 Å². The summed E-state index contributed by atoms with van der Waals surface area (Å²) in [7, 11) is 1.63. The Balaban J connectivity index is 2.25. The van der Waals surface area contributed by atoms with E-state index in [0.717, 1.165) is 40.8 Å². The van der Waals surface area contributed by atoms with Crippen molar-refractivity contribution in [3.8, 4) is 11.5 Å². The highest BCUT2D eigenvalue weighted by Crippen LogP contribution is 2.34. The lowest BCUT2D eigenvalue weighted by Crippen LogP contribution is -2.13. The molecule has 0 bridgehead atoms. The third-order valence-electron chi connectivity index (χ3n) is 4.62. The maximum atomic E-state index is 11.5. The molecule has 0 saturated heterocycles. The van der Waals surface area contributed by atoms with Gasteiger partial charge in [0.2, 0.25) is 6.79 Å². The third-order valence-corrected chi connectivity index (χ3v) is 4.62. The number of pyridine rings is 1. The number of hydrogen-bond acceptors (Lipinski definition) is 6. The molecule has 1 aromatic carbocycles. The van der Waals surface area contributed by atoms with Crippen LogP contribution in [0.5, 0.6) is 11.5 Å². The van der Waals surface area contributed by atoms with Crippen molar-refractivity contribution in [2.45, 2.75) is 59.3 Å². The Morgan fingerprint density at radius 1 is 1.07 bits per heavy atom. The number of aromatic nitrogens is 1. The fourth-order valence-electron chi connectivity index (χ4n) is 3.16. The summed E-state index contributed by atoms with van der Waals surface area (Å²) in [6.07, 6.45) is 6.09. The molecule has 0 spiro atoms. The van der Waals surface area contributed by atoms with Crippen LogP contribution in [0.4, 0.5) is 4.79 Å². The van der Waals surface area contributed by atoms with E-state index >= 15 is 0 Å². The van der Waals surface area contributed by atoms with Gasteiger partial charge in [0.25, 0.3) is 0 Å². The molecule has 28 heavy (non-hydrogen) atoms. The van der Waals surface area contributed by atoms with Crippen molar-refractivity contribution in [1.82, 2.24) is 4.98 Å². The summed E-state index contributed by atoms with van der Waals surface area (Å²) in [6, 6.07) is 5.69. The topological polar surface area (TPSA) is 66.9 Å². The zero-order chi connectivity index (χ0) is 20.4. The number of methoxy groups -OCH3 is 1. The number of fused-ring (bicyclic) bond motifs is 1. The molecule has 2 rings (SSSR count). The van der Waals surface area contributed by atoms with Gasteiger partial charge >= 0.3 is 6.16 Å². The second kappa shape index (κ2) is 11.4. The molecule has 0 aliphatic heterocycles. The van der Waals surface area contributed by atoms with E-state index in [1.165, 1.54) is 25.7 Å². The Morgan fingerprint density at radius 2 is 1.86 bits per heavy atom. The Kier molecular flexibility index (Phi) is 8.85. The summed E-state index contributed by atoms with van der Waals surface area (Å²) < 4.78 is 21.0. The largest absolute Gasteiger partial charge is 0.511 e. The van der Waals surface area contributed by atoms with Crippen molar-refractivity contribution >= 4 is 17.1 Å². The standard InChI is InChI=1S/C22H31NO5/c1-5-7-8-9-10-11-18-16(3)23-20-14-17(25-4)12-13-19(20)21(18)27-15-28-22(24)26-6-2/h12-14H,5-11,15H2,1-4H3. The molecule has 6 heteroatoms. The molecule has 0 radical (unpaired) electrons. The molecule has 2 aromatic rings. The minimum Gasteiger partial charge on any atom is -0.497 e. The summed E-state index contributed by atoms with van der Waals surface area (Å²) in [5.41, 5.74) is 2.77. The fourth-order valence-corrected chi connectivity index (χ4v) is 3.16. The van der Waals surface area contributed by atoms with Crippen LogP contribution in [0.1, 0.15) is 57.2 Å². The zero-order valence-electron chi connectivity index (χ0n) is 17.4. The van der Waals surface area contributed by atoms with Crippen LogP contribution in [0, 0.1) is 6.92 Å². The first-order chi connectivity index (χ1) is 13.6. The monoisotopic (exact) mass is 389 g/mol. The second-order valence-electron chi connectivity index (χ2n) is 6.64. The summed E-state index contributed by atoms with van der Waals surface area (Å²) in [5, 5.41) is 0.877. The summed E-state index contributed by atoms with van der Waals surface area (Å²) in [4.78, 5) is 16.2. The van der Waals surface area contributed by atoms with Crippen LogP contribution in [-0.4, -0.2) is 31.6 Å². The summed E-state index contributed by atoms with van der Waals surface area (Å²) in [5.74, 6) is 1.45. The molecular formula is C22H31NO5. The van der Waals surface area contributed by atoms with Crippen molar-refractivity contribution in [1.29, 1.82) is 0 Å². The second-order valence-corrected chi connectivity index (χ2v) is 6.64. The van der Waals surface area contributed by atoms with Crippen LogP contribution in [0.2, 0.25) is 0 Å². The van der Waals surface area contributed by atoms with Crippen molar-refractivity contribution in [3.05, 3.63) is 29.5 Å². The van der Waals surface area contributed by atoms with Gasteiger partial charge in [-0.3, -0.25) is 4.98 Å². The molecule has 6 nitrogen and oxygen atoms in total. The molecule has 0 atom stereocenters. The van der Waals surface area contributed by atoms with Crippen LogP contribution < -0.4 is 9.47 Å². The van der Waals surface area contributed by atoms with Gasteiger partial charge in [-0.05, 0) is 38.8 Å². The predicted octanol–water partition coefficient (Wildman–Crippen LogP) is 5.57. The number of carbonyl (C=O) groups excluding carboxylic acids is 1. The highest BCUT2D eigenvalue weighted by molar-refractivity contribution is 5.88. The number of benzene rings is 1.